The number of carbonyl (C=O) groups excluding carboxylic acids is 1. The lowest BCUT2D eigenvalue weighted by atomic mass is 9.91. The third-order valence-corrected chi connectivity index (χ3v) is 4.43. The maximum absolute atomic E-state index is 11.2. The lowest BCUT2D eigenvalue weighted by molar-refractivity contribution is -0.142. The third-order valence-electron chi connectivity index (χ3n) is 2.38. The number of rotatable bonds is 6. The first-order valence-electron chi connectivity index (χ1n) is 5.56. The average Bonchev–Trinajstić information content (AvgIpc) is 2.65. The Labute approximate surface area is 115 Å². The van der Waals surface area contributed by atoms with Crippen LogP contribution < -0.4 is 5.32 Å². The Bertz CT molecular complexity index is 376. The molecule has 0 aliphatic rings. The van der Waals surface area contributed by atoms with Gasteiger partial charge in [0.2, 0.25) is 0 Å². The maximum atomic E-state index is 11.2. The van der Waals surface area contributed by atoms with E-state index >= 15 is 0 Å². The molecule has 0 radical (unpaired) electrons. The molecule has 1 heterocycles. The molecule has 17 heavy (non-hydrogen) atoms. The fourth-order valence-electron chi connectivity index (χ4n) is 1.44. The van der Waals surface area contributed by atoms with Gasteiger partial charge in [0.15, 0.2) is 0 Å². The quantitative estimate of drug-likeness (QED) is 0.819. The van der Waals surface area contributed by atoms with Gasteiger partial charge in [0.25, 0.3) is 0 Å². The normalized spacial score (nSPS) is 11.5. The van der Waals surface area contributed by atoms with Crippen LogP contribution in [0.4, 0.5) is 0 Å². The van der Waals surface area contributed by atoms with E-state index in [1.807, 2.05) is 6.92 Å². The number of halogens is 1. The molecule has 1 aromatic rings. The minimum atomic E-state index is -0.198. The number of esters is 1. The first-order valence-corrected chi connectivity index (χ1v) is 7.24. The van der Waals surface area contributed by atoms with Crippen molar-refractivity contribution >= 4 is 33.2 Å². The summed E-state index contributed by atoms with van der Waals surface area (Å²) in [6.45, 7) is 7.57. The Morgan fingerprint density at radius 1 is 1.59 bits per heavy atom. The predicted molar refractivity (Wildman–Crippen MR) is 74.5 cm³/mol. The highest BCUT2D eigenvalue weighted by molar-refractivity contribution is 9.10. The largest absolute Gasteiger partial charge is 0.465 e. The summed E-state index contributed by atoms with van der Waals surface area (Å²) in [6.07, 6.45) is 0. The molecule has 0 saturated heterocycles. The Kier molecular flexibility index (Phi) is 5.62. The molecule has 1 rings (SSSR count). The van der Waals surface area contributed by atoms with Gasteiger partial charge in [0.05, 0.1) is 13.2 Å². The molecule has 5 heteroatoms. The van der Waals surface area contributed by atoms with Gasteiger partial charge >= 0.3 is 5.97 Å². The monoisotopic (exact) mass is 319 g/mol. The molecule has 0 saturated carbocycles. The summed E-state index contributed by atoms with van der Waals surface area (Å²) < 4.78 is 5.97. The van der Waals surface area contributed by atoms with Crippen LogP contribution >= 0.6 is 27.3 Å². The summed E-state index contributed by atoms with van der Waals surface area (Å²) in [4.78, 5) is 12.5. The molecule has 96 valence electrons. The second-order valence-corrected chi connectivity index (χ2v) is 6.25. The molecular formula is C12H18BrNO2S. The number of hydrogen-bond acceptors (Lipinski definition) is 4. The van der Waals surface area contributed by atoms with Crippen LogP contribution in [0.15, 0.2) is 15.9 Å². The van der Waals surface area contributed by atoms with Gasteiger partial charge in [0.1, 0.15) is 0 Å². The smallest absolute Gasteiger partial charge is 0.319 e. The summed E-state index contributed by atoms with van der Waals surface area (Å²) in [5.41, 5.74) is 0.0170. The van der Waals surface area contributed by atoms with E-state index in [0.717, 1.165) is 11.0 Å². The summed E-state index contributed by atoms with van der Waals surface area (Å²) in [5.74, 6) is -0.198. The average molecular weight is 320 g/mol. The van der Waals surface area contributed by atoms with Crippen LogP contribution in [0.2, 0.25) is 0 Å². The second-order valence-electron chi connectivity index (χ2n) is 4.42. The summed E-state index contributed by atoms with van der Waals surface area (Å²) in [5, 5.41) is 5.21. The molecular weight excluding hydrogens is 302 g/mol. The first kappa shape index (κ1) is 14.7. The van der Waals surface area contributed by atoms with Crippen molar-refractivity contribution in [1.29, 1.82) is 0 Å². The van der Waals surface area contributed by atoms with Gasteiger partial charge < -0.3 is 10.1 Å². The van der Waals surface area contributed by atoms with Crippen molar-refractivity contribution in [3.63, 3.8) is 0 Å². The van der Waals surface area contributed by atoms with Gasteiger partial charge in [-0.1, -0.05) is 13.8 Å². The molecule has 1 N–H and O–H groups in total. The number of carbonyl (C=O) groups is 1. The Morgan fingerprint density at radius 2 is 2.29 bits per heavy atom. The van der Waals surface area contributed by atoms with Crippen LogP contribution in [0.25, 0.3) is 0 Å². The number of nitrogens with one attached hydrogen (secondary N) is 1. The number of hydrogen-bond donors (Lipinski definition) is 1. The van der Waals surface area contributed by atoms with Gasteiger partial charge in [-0.15, -0.1) is 11.3 Å². The lowest BCUT2D eigenvalue weighted by Gasteiger charge is -2.23. The minimum absolute atomic E-state index is 0.0170. The van der Waals surface area contributed by atoms with E-state index in [1.54, 1.807) is 11.3 Å². The Morgan fingerprint density at radius 3 is 2.82 bits per heavy atom. The van der Waals surface area contributed by atoms with E-state index in [-0.39, 0.29) is 17.9 Å². The van der Waals surface area contributed by atoms with E-state index < -0.39 is 0 Å². The van der Waals surface area contributed by atoms with Crippen LogP contribution in [-0.2, 0) is 14.9 Å². The fraction of sp³-hybridized carbons (Fsp3) is 0.583. The van der Waals surface area contributed by atoms with Crippen molar-refractivity contribution in [3.8, 4) is 0 Å². The van der Waals surface area contributed by atoms with E-state index in [1.165, 1.54) is 4.88 Å². The molecule has 0 fully saturated rings. The van der Waals surface area contributed by atoms with Crippen LogP contribution in [0.3, 0.4) is 0 Å². The van der Waals surface area contributed by atoms with Crippen LogP contribution in [0.1, 0.15) is 25.6 Å². The maximum Gasteiger partial charge on any atom is 0.319 e. The van der Waals surface area contributed by atoms with Crippen molar-refractivity contribution in [2.45, 2.75) is 26.2 Å². The molecule has 0 aliphatic carbocycles. The Balaban J connectivity index is 2.42. The highest BCUT2D eigenvalue weighted by atomic mass is 79.9. The zero-order chi connectivity index (χ0) is 12.9. The Hall–Kier alpha value is -0.390. The first-order chi connectivity index (χ1) is 7.95. The summed E-state index contributed by atoms with van der Waals surface area (Å²) in [7, 11) is 0. The molecule has 0 bridgehead atoms. The molecule has 0 spiro atoms. The fourth-order valence-corrected chi connectivity index (χ4v) is 3.00. The van der Waals surface area contributed by atoms with Crippen LogP contribution in [0, 0.1) is 0 Å². The molecule has 1 aromatic heterocycles. The zero-order valence-corrected chi connectivity index (χ0v) is 12.8. The topological polar surface area (TPSA) is 38.3 Å². The predicted octanol–water partition coefficient (Wildman–Crippen LogP) is 2.94. The zero-order valence-electron chi connectivity index (χ0n) is 10.4. The molecule has 0 amide bonds. The number of thiophene rings is 1. The van der Waals surface area contributed by atoms with Crippen molar-refractivity contribution < 1.29 is 9.53 Å². The van der Waals surface area contributed by atoms with Gasteiger partial charge in [-0.25, -0.2) is 0 Å². The van der Waals surface area contributed by atoms with Crippen molar-refractivity contribution in [1.82, 2.24) is 5.32 Å². The van der Waals surface area contributed by atoms with E-state index in [4.69, 9.17) is 4.74 Å². The van der Waals surface area contributed by atoms with Gasteiger partial charge in [-0.3, -0.25) is 4.79 Å². The summed E-state index contributed by atoms with van der Waals surface area (Å²) in [6, 6.07) is 2.12. The molecule has 0 atom stereocenters. The second kappa shape index (κ2) is 6.52. The van der Waals surface area contributed by atoms with Gasteiger partial charge in [-0.2, -0.15) is 0 Å². The van der Waals surface area contributed by atoms with Crippen LogP contribution in [0.5, 0.6) is 0 Å². The molecule has 3 nitrogen and oxygen atoms in total. The summed E-state index contributed by atoms with van der Waals surface area (Å²) >= 11 is 5.17. The molecule has 0 aromatic carbocycles. The highest BCUT2D eigenvalue weighted by Gasteiger charge is 2.22. The lowest BCUT2D eigenvalue weighted by Crippen LogP contribution is -2.35. The number of ether oxygens (including phenoxy) is 1. The van der Waals surface area contributed by atoms with Gasteiger partial charge in [0, 0.05) is 26.7 Å². The third kappa shape index (κ3) is 4.77. The van der Waals surface area contributed by atoms with Crippen molar-refractivity contribution in [2.75, 3.05) is 19.7 Å². The van der Waals surface area contributed by atoms with Gasteiger partial charge in [-0.05, 0) is 28.9 Å². The molecule has 0 unspecified atom stereocenters. The van der Waals surface area contributed by atoms with Crippen LogP contribution in [-0.4, -0.2) is 25.7 Å². The van der Waals surface area contributed by atoms with E-state index in [9.17, 15) is 4.79 Å². The standard InChI is InChI=1S/C12H18BrNO2S/c1-4-16-11(15)6-14-8-12(2,3)10-5-9(13)7-17-10/h5,7,14H,4,6,8H2,1-3H3. The highest BCUT2D eigenvalue weighted by Crippen LogP contribution is 2.30. The van der Waals surface area contributed by atoms with E-state index in [2.05, 4.69) is 46.5 Å². The van der Waals surface area contributed by atoms with Crippen molar-refractivity contribution in [2.24, 2.45) is 0 Å². The van der Waals surface area contributed by atoms with Crippen molar-refractivity contribution in [3.05, 3.63) is 20.8 Å². The minimum Gasteiger partial charge on any atom is -0.465 e. The SMILES string of the molecule is CCOC(=O)CNCC(C)(C)c1cc(Br)cs1. The molecule has 0 aliphatic heterocycles. The van der Waals surface area contributed by atoms with E-state index in [0.29, 0.717) is 6.61 Å².